The SMILES string of the molecule is CNC(=O)c1c(F)c(Oc2c(F)c(F)c(Oc3c(F)c(F)c(C(=O)O)c(C(=O)Nc4c(F)c(C)c(F)c(Cl)c4F)c3F)c(F)c2F)c(F)c(F)c1C(=O)O. The molecule has 286 valence electrons. The number of nitrogens with one attached hydrogen (secondary N) is 2. The van der Waals surface area contributed by atoms with Gasteiger partial charge in [0, 0.05) is 12.6 Å². The van der Waals surface area contributed by atoms with E-state index < -0.39 is 161 Å². The molecule has 0 heterocycles. The van der Waals surface area contributed by atoms with E-state index in [0.717, 1.165) is 7.05 Å². The average molecular weight is 809 g/mol. The summed E-state index contributed by atoms with van der Waals surface area (Å²) in [7, 11) is 0.724. The number of hydrogen-bond acceptors (Lipinski definition) is 6. The Labute approximate surface area is 293 Å². The Morgan fingerprint density at radius 3 is 1.17 bits per heavy atom. The molecule has 4 N–H and O–H groups in total. The summed E-state index contributed by atoms with van der Waals surface area (Å²) in [6.45, 7) is 0.637. The van der Waals surface area contributed by atoms with Gasteiger partial charge in [0.05, 0.1) is 11.1 Å². The van der Waals surface area contributed by atoms with Gasteiger partial charge in [-0.15, -0.1) is 0 Å². The number of halogens is 14. The topological polar surface area (TPSA) is 151 Å². The van der Waals surface area contributed by atoms with Crippen LogP contribution in [0, 0.1) is 82.5 Å². The van der Waals surface area contributed by atoms with Gasteiger partial charge in [-0.05, 0) is 6.92 Å². The fraction of sp³-hybridized carbons (Fsp3) is 0.0667. The molecule has 2 amide bonds. The van der Waals surface area contributed by atoms with Crippen LogP contribution in [0.4, 0.5) is 62.8 Å². The normalized spacial score (nSPS) is 11.0. The molecular formula is C30H10ClF13N2O8. The number of aromatic carboxylic acids is 2. The summed E-state index contributed by atoms with van der Waals surface area (Å²) in [5.41, 5.74) is -11.2. The van der Waals surface area contributed by atoms with Crippen molar-refractivity contribution in [2.75, 3.05) is 12.4 Å². The van der Waals surface area contributed by atoms with Gasteiger partial charge in [0.25, 0.3) is 11.8 Å². The predicted molar refractivity (Wildman–Crippen MR) is 150 cm³/mol. The number of carbonyl (C=O) groups is 4. The second kappa shape index (κ2) is 14.6. The molecule has 24 heteroatoms. The van der Waals surface area contributed by atoms with Crippen molar-refractivity contribution in [2.24, 2.45) is 0 Å². The largest absolute Gasteiger partial charge is 0.478 e. The van der Waals surface area contributed by atoms with Crippen LogP contribution < -0.4 is 20.1 Å². The van der Waals surface area contributed by atoms with Crippen molar-refractivity contribution in [3.63, 3.8) is 0 Å². The lowest BCUT2D eigenvalue weighted by Crippen LogP contribution is -2.25. The highest BCUT2D eigenvalue weighted by atomic mass is 35.5. The Hall–Kier alpha value is -6.26. The Balaban J connectivity index is 1.90. The molecule has 0 aliphatic heterocycles. The third-order valence-electron chi connectivity index (χ3n) is 6.98. The molecular weight excluding hydrogens is 799 g/mol. The van der Waals surface area contributed by atoms with E-state index in [0.29, 0.717) is 6.92 Å². The van der Waals surface area contributed by atoms with Gasteiger partial charge in [-0.25, -0.2) is 40.3 Å². The molecule has 0 saturated heterocycles. The summed E-state index contributed by atoms with van der Waals surface area (Å²) in [4.78, 5) is 47.9. The molecule has 0 saturated carbocycles. The summed E-state index contributed by atoms with van der Waals surface area (Å²) in [6.07, 6.45) is 0. The molecule has 0 unspecified atom stereocenters. The number of amides is 2. The second-order valence-electron chi connectivity index (χ2n) is 10.1. The van der Waals surface area contributed by atoms with Crippen molar-refractivity contribution >= 4 is 41.0 Å². The van der Waals surface area contributed by atoms with Gasteiger partial charge < -0.3 is 30.3 Å². The Morgan fingerprint density at radius 1 is 0.481 bits per heavy atom. The molecule has 0 fully saturated rings. The van der Waals surface area contributed by atoms with Crippen LogP contribution >= 0.6 is 11.6 Å². The quantitative estimate of drug-likeness (QED) is 0.0754. The number of ether oxygens (including phenoxy) is 2. The molecule has 4 aromatic carbocycles. The van der Waals surface area contributed by atoms with Crippen LogP contribution in [0.15, 0.2) is 0 Å². The lowest BCUT2D eigenvalue weighted by Gasteiger charge is -2.18. The number of carboxylic acids is 2. The smallest absolute Gasteiger partial charge is 0.339 e. The molecule has 0 aliphatic rings. The van der Waals surface area contributed by atoms with E-state index >= 15 is 26.3 Å². The fourth-order valence-electron chi connectivity index (χ4n) is 4.42. The van der Waals surface area contributed by atoms with Crippen LogP contribution in [0.3, 0.4) is 0 Å². The summed E-state index contributed by atoms with van der Waals surface area (Å²) in [5.74, 6) is -53.5. The molecule has 4 aromatic rings. The highest BCUT2D eigenvalue weighted by molar-refractivity contribution is 6.31. The molecule has 0 atom stereocenters. The van der Waals surface area contributed by atoms with Crippen LogP contribution in [0.5, 0.6) is 23.0 Å². The van der Waals surface area contributed by atoms with Crippen molar-refractivity contribution in [1.82, 2.24) is 5.32 Å². The number of carboxylic acid groups (broad SMARTS) is 2. The van der Waals surface area contributed by atoms with E-state index in [-0.39, 0.29) is 0 Å². The van der Waals surface area contributed by atoms with Gasteiger partial charge in [-0.2, -0.15) is 26.3 Å². The van der Waals surface area contributed by atoms with Crippen molar-refractivity contribution in [3.05, 3.63) is 108 Å². The van der Waals surface area contributed by atoms with Crippen molar-refractivity contribution in [1.29, 1.82) is 0 Å². The summed E-state index contributed by atoms with van der Waals surface area (Å²) in [5, 5.41) is 19.7. The predicted octanol–water partition coefficient (Wildman–Crippen LogP) is 8.05. The first-order valence-electron chi connectivity index (χ1n) is 13.5. The number of rotatable bonds is 9. The van der Waals surface area contributed by atoms with Crippen molar-refractivity contribution < 1.29 is 95.9 Å². The Kier molecular flexibility index (Phi) is 11.0. The minimum absolute atomic E-state index is 0.637. The lowest BCUT2D eigenvalue weighted by atomic mass is 10.0. The monoisotopic (exact) mass is 808 g/mol. The first-order valence-corrected chi connectivity index (χ1v) is 13.9. The van der Waals surface area contributed by atoms with Crippen LogP contribution in [0.1, 0.15) is 47.0 Å². The van der Waals surface area contributed by atoms with Crippen molar-refractivity contribution in [3.8, 4) is 23.0 Å². The second-order valence-corrected chi connectivity index (χ2v) is 10.4. The van der Waals surface area contributed by atoms with Gasteiger partial charge >= 0.3 is 11.9 Å². The van der Waals surface area contributed by atoms with Gasteiger partial charge in [0.15, 0.2) is 40.7 Å². The zero-order valence-electron chi connectivity index (χ0n) is 25.6. The van der Waals surface area contributed by atoms with Gasteiger partial charge in [0.2, 0.25) is 57.9 Å². The Morgan fingerprint density at radius 2 is 0.815 bits per heavy atom. The van der Waals surface area contributed by atoms with Gasteiger partial charge in [0.1, 0.15) is 21.8 Å². The molecule has 0 radical (unpaired) electrons. The fourth-order valence-corrected chi connectivity index (χ4v) is 4.66. The summed E-state index contributed by atoms with van der Waals surface area (Å²) < 4.78 is 201. The first kappa shape index (κ1) is 40.5. The number of hydrogen-bond donors (Lipinski definition) is 4. The lowest BCUT2D eigenvalue weighted by molar-refractivity contribution is 0.0675. The highest BCUT2D eigenvalue weighted by Gasteiger charge is 2.39. The molecule has 0 spiro atoms. The summed E-state index contributed by atoms with van der Waals surface area (Å²) >= 11 is 5.34. The van der Waals surface area contributed by atoms with E-state index in [9.17, 15) is 55.0 Å². The van der Waals surface area contributed by atoms with E-state index in [2.05, 4.69) is 9.47 Å². The van der Waals surface area contributed by atoms with Crippen molar-refractivity contribution in [2.45, 2.75) is 6.92 Å². The maximum Gasteiger partial charge on any atom is 0.339 e. The molecule has 10 nitrogen and oxygen atoms in total. The van der Waals surface area contributed by atoms with Gasteiger partial charge in [-0.3, -0.25) is 9.59 Å². The van der Waals surface area contributed by atoms with Crippen LogP contribution in [-0.2, 0) is 0 Å². The number of anilines is 1. The molecule has 54 heavy (non-hydrogen) atoms. The third-order valence-corrected chi connectivity index (χ3v) is 7.31. The molecule has 0 aromatic heterocycles. The summed E-state index contributed by atoms with van der Waals surface area (Å²) in [6, 6.07) is 0. The minimum Gasteiger partial charge on any atom is -0.478 e. The third kappa shape index (κ3) is 6.39. The standard InChI is InChI=1S/C30H10ClF13N2O8/c1-3-9(32)8(31)15(38)22(10(3)33)46-28(48)5-7(30(51)52)12(35)17(40)24(14(5)37)54-26-20(43)18(41)25(19(42)21(26)44)53-23-13(36)4(27(47)45-2)6(29(49)50)11(34)16(23)39/h1-2H3,(H,45,47)(H,46,48)(H,49,50)(H,51,52). The number of carbonyl (C=O) groups excluding carboxylic acids is 2. The Bertz CT molecular complexity index is 2320. The van der Waals surface area contributed by atoms with E-state index in [4.69, 9.17) is 16.7 Å². The van der Waals surface area contributed by atoms with Crippen LogP contribution in [0.2, 0.25) is 5.02 Å². The van der Waals surface area contributed by atoms with E-state index in [1.165, 1.54) is 5.32 Å². The average Bonchev–Trinajstić information content (AvgIpc) is 3.12. The van der Waals surface area contributed by atoms with Gasteiger partial charge in [-0.1, -0.05) is 11.6 Å². The molecule has 0 bridgehead atoms. The van der Waals surface area contributed by atoms with Crippen LogP contribution in [0.25, 0.3) is 0 Å². The number of benzene rings is 4. The maximum absolute atomic E-state index is 15.6. The first-order chi connectivity index (χ1) is 25.0. The van der Waals surface area contributed by atoms with E-state index in [1.54, 1.807) is 5.32 Å². The van der Waals surface area contributed by atoms with E-state index in [1.807, 2.05) is 0 Å². The minimum atomic E-state index is -2.98. The zero-order valence-corrected chi connectivity index (χ0v) is 26.4. The van der Waals surface area contributed by atoms with Crippen LogP contribution in [-0.4, -0.2) is 41.0 Å². The zero-order chi connectivity index (χ0) is 41.0. The molecule has 0 aliphatic carbocycles. The highest BCUT2D eigenvalue weighted by Crippen LogP contribution is 2.43. The maximum atomic E-state index is 15.6. The molecule has 4 rings (SSSR count).